The molecule has 0 fully saturated rings. The number of ether oxygens (including phenoxy) is 1. The molecule has 0 radical (unpaired) electrons. The lowest BCUT2D eigenvalue weighted by Crippen LogP contribution is -2.07. The Morgan fingerprint density at radius 1 is 1.11 bits per heavy atom. The predicted octanol–water partition coefficient (Wildman–Crippen LogP) is 6.40. The van der Waals surface area contributed by atoms with E-state index in [9.17, 15) is 0 Å². The fourth-order valence-corrected chi connectivity index (χ4v) is 4.30. The van der Waals surface area contributed by atoms with Crippen molar-refractivity contribution in [2.75, 3.05) is 0 Å². The van der Waals surface area contributed by atoms with E-state index >= 15 is 0 Å². The minimum Gasteiger partial charge on any atom is -0.486 e. The van der Waals surface area contributed by atoms with Gasteiger partial charge in [-0.25, -0.2) is 0 Å². The first-order chi connectivity index (χ1) is 13.1. The van der Waals surface area contributed by atoms with Crippen LogP contribution in [0.25, 0.3) is 0 Å². The molecule has 0 bridgehead atoms. The van der Waals surface area contributed by atoms with Crippen LogP contribution in [-0.2, 0) is 18.9 Å². The average Bonchev–Trinajstić information content (AvgIpc) is 3.03. The van der Waals surface area contributed by atoms with Crippen LogP contribution in [0.4, 0.5) is 0 Å². The molecule has 1 heterocycles. The summed E-state index contributed by atoms with van der Waals surface area (Å²) in [5, 5.41) is 10.6. The lowest BCUT2D eigenvalue weighted by Gasteiger charge is -2.10. The van der Waals surface area contributed by atoms with Crippen molar-refractivity contribution in [1.29, 1.82) is 0 Å². The monoisotopic (exact) mass is 483 g/mol. The first-order valence-electron chi connectivity index (χ1n) is 8.05. The summed E-state index contributed by atoms with van der Waals surface area (Å²) in [6.07, 6.45) is 1.80. The minimum absolute atomic E-state index is 0.315. The number of benzene rings is 2. The highest BCUT2D eigenvalue weighted by Gasteiger charge is 2.14. The van der Waals surface area contributed by atoms with Crippen LogP contribution >= 0.6 is 50.9 Å². The number of allylic oxidation sites excluding steroid dienone is 1. The molecular weight excluding hydrogens is 469 g/mol. The zero-order valence-corrected chi connectivity index (χ0v) is 18.2. The standard InChI is InChI=1S/C19H16BrCl2N3OS/c1-2-10-25-18(11-26-14-8-6-13(20)7-9-14)23-24-19(25)27-12-15-16(21)4-3-5-17(15)22/h2-9H,1,10-12H2. The third-order valence-corrected chi connectivity index (χ3v) is 5.92. The van der Waals surface area contributed by atoms with Gasteiger partial charge in [0.15, 0.2) is 11.0 Å². The average molecular weight is 485 g/mol. The smallest absolute Gasteiger partial charge is 0.191 e. The maximum atomic E-state index is 6.25. The molecule has 140 valence electrons. The summed E-state index contributed by atoms with van der Waals surface area (Å²) in [7, 11) is 0. The molecular formula is C19H16BrCl2N3OS. The van der Waals surface area contributed by atoms with E-state index < -0.39 is 0 Å². The van der Waals surface area contributed by atoms with Gasteiger partial charge in [-0.2, -0.15) is 0 Å². The van der Waals surface area contributed by atoms with Crippen LogP contribution < -0.4 is 4.74 Å². The summed E-state index contributed by atoms with van der Waals surface area (Å²) in [6.45, 7) is 4.72. The largest absolute Gasteiger partial charge is 0.486 e. The van der Waals surface area contributed by atoms with Crippen molar-refractivity contribution in [2.45, 2.75) is 24.1 Å². The third-order valence-electron chi connectivity index (χ3n) is 3.69. The second kappa shape index (κ2) is 9.64. The van der Waals surface area contributed by atoms with Crippen molar-refractivity contribution < 1.29 is 4.74 Å². The Bertz CT molecular complexity index is 911. The summed E-state index contributed by atoms with van der Waals surface area (Å²) >= 11 is 17.4. The Morgan fingerprint density at radius 2 is 1.81 bits per heavy atom. The molecule has 0 aliphatic heterocycles. The lowest BCUT2D eigenvalue weighted by molar-refractivity contribution is 0.289. The van der Waals surface area contributed by atoms with Crippen molar-refractivity contribution in [3.8, 4) is 5.75 Å². The molecule has 0 amide bonds. The Hall–Kier alpha value is -1.47. The molecule has 2 aromatic carbocycles. The Labute approximate surface area is 180 Å². The van der Waals surface area contributed by atoms with Gasteiger partial charge in [-0.15, -0.1) is 16.8 Å². The van der Waals surface area contributed by atoms with Gasteiger partial charge in [-0.1, -0.05) is 63.0 Å². The lowest BCUT2D eigenvalue weighted by atomic mass is 10.2. The van der Waals surface area contributed by atoms with Crippen LogP contribution in [-0.4, -0.2) is 14.8 Å². The molecule has 0 unspecified atom stereocenters. The fraction of sp³-hybridized carbons (Fsp3) is 0.158. The summed E-state index contributed by atoms with van der Waals surface area (Å²) in [5.74, 6) is 2.09. The third kappa shape index (κ3) is 5.29. The van der Waals surface area contributed by atoms with Crippen LogP contribution in [0.5, 0.6) is 5.75 Å². The summed E-state index contributed by atoms with van der Waals surface area (Å²) in [5.41, 5.74) is 0.881. The van der Waals surface area contributed by atoms with Gasteiger partial charge >= 0.3 is 0 Å². The van der Waals surface area contributed by atoms with Crippen molar-refractivity contribution in [3.05, 3.63) is 81.0 Å². The SMILES string of the molecule is C=CCn1c(COc2ccc(Br)cc2)nnc1SCc1c(Cl)cccc1Cl. The first-order valence-corrected chi connectivity index (χ1v) is 10.6. The molecule has 8 heteroatoms. The molecule has 27 heavy (non-hydrogen) atoms. The van der Waals surface area contributed by atoms with Gasteiger partial charge < -0.3 is 4.74 Å². The predicted molar refractivity (Wildman–Crippen MR) is 115 cm³/mol. The molecule has 3 aromatic rings. The van der Waals surface area contributed by atoms with Gasteiger partial charge in [0.25, 0.3) is 0 Å². The highest BCUT2D eigenvalue weighted by Crippen LogP contribution is 2.31. The highest BCUT2D eigenvalue weighted by atomic mass is 79.9. The van der Waals surface area contributed by atoms with Crippen LogP contribution in [0.15, 0.2) is 64.7 Å². The van der Waals surface area contributed by atoms with Gasteiger partial charge in [0.1, 0.15) is 12.4 Å². The van der Waals surface area contributed by atoms with Gasteiger partial charge in [0.2, 0.25) is 0 Å². The maximum absolute atomic E-state index is 6.25. The Balaban J connectivity index is 1.72. The summed E-state index contributed by atoms with van der Waals surface area (Å²) < 4.78 is 8.79. The van der Waals surface area contributed by atoms with E-state index in [0.29, 0.717) is 28.9 Å². The van der Waals surface area contributed by atoms with Crippen LogP contribution in [0.3, 0.4) is 0 Å². The number of thioether (sulfide) groups is 1. The number of hydrogen-bond donors (Lipinski definition) is 0. The number of aromatic nitrogens is 3. The van der Waals surface area contributed by atoms with E-state index in [1.54, 1.807) is 6.08 Å². The van der Waals surface area contributed by atoms with Crippen molar-refractivity contribution in [1.82, 2.24) is 14.8 Å². The van der Waals surface area contributed by atoms with E-state index in [1.165, 1.54) is 11.8 Å². The first kappa shape index (κ1) is 20.3. The van der Waals surface area contributed by atoms with Crippen molar-refractivity contribution in [3.63, 3.8) is 0 Å². The van der Waals surface area contributed by atoms with E-state index in [1.807, 2.05) is 47.0 Å². The topological polar surface area (TPSA) is 39.9 Å². The number of hydrogen-bond acceptors (Lipinski definition) is 4. The molecule has 0 aliphatic carbocycles. The quantitative estimate of drug-likeness (QED) is 0.273. The highest BCUT2D eigenvalue weighted by molar-refractivity contribution is 9.10. The van der Waals surface area contributed by atoms with Crippen LogP contribution in [0.2, 0.25) is 10.0 Å². The molecule has 0 spiro atoms. The van der Waals surface area contributed by atoms with Crippen LogP contribution in [0, 0.1) is 0 Å². The van der Waals surface area contributed by atoms with Gasteiger partial charge in [-0.05, 0) is 42.0 Å². The maximum Gasteiger partial charge on any atom is 0.191 e. The molecule has 3 rings (SSSR count). The zero-order chi connectivity index (χ0) is 19.2. The van der Waals surface area contributed by atoms with E-state index in [4.69, 9.17) is 27.9 Å². The molecule has 1 aromatic heterocycles. The van der Waals surface area contributed by atoms with E-state index in [-0.39, 0.29) is 0 Å². The summed E-state index contributed by atoms with van der Waals surface area (Å²) in [4.78, 5) is 0. The fourth-order valence-electron chi connectivity index (χ4n) is 2.33. The van der Waals surface area contributed by atoms with Crippen molar-refractivity contribution >= 4 is 50.9 Å². The van der Waals surface area contributed by atoms with Crippen molar-refractivity contribution in [2.24, 2.45) is 0 Å². The Morgan fingerprint density at radius 3 is 2.48 bits per heavy atom. The van der Waals surface area contributed by atoms with Crippen LogP contribution in [0.1, 0.15) is 11.4 Å². The molecule has 0 N–H and O–H groups in total. The van der Waals surface area contributed by atoms with Gasteiger partial charge in [-0.3, -0.25) is 4.57 Å². The van der Waals surface area contributed by atoms with E-state index in [2.05, 4.69) is 32.7 Å². The molecule has 0 saturated heterocycles. The van der Waals surface area contributed by atoms with Gasteiger partial charge in [0.05, 0.1) is 0 Å². The number of nitrogens with zero attached hydrogens (tertiary/aromatic N) is 3. The second-order valence-electron chi connectivity index (χ2n) is 5.53. The minimum atomic E-state index is 0.315. The summed E-state index contributed by atoms with van der Waals surface area (Å²) in [6, 6.07) is 13.1. The number of rotatable bonds is 8. The molecule has 0 atom stereocenters. The molecule has 0 saturated carbocycles. The van der Waals surface area contributed by atoms with E-state index in [0.717, 1.165) is 26.8 Å². The van der Waals surface area contributed by atoms with Gasteiger partial charge in [0, 0.05) is 26.8 Å². The second-order valence-corrected chi connectivity index (χ2v) is 8.20. The molecule has 0 aliphatic rings. The Kier molecular flexibility index (Phi) is 7.24. The number of halogens is 3. The molecule has 4 nitrogen and oxygen atoms in total. The normalized spacial score (nSPS) is 10.8. The zero-order valence-electron chi connectivity index (χ0n) is 14.2.